The fraction of sp³-hybridized carbons (Fsp3) is 0.625. The molecular weight excluding hydrogens is 270 g/mol. The van der Waals surface area contributed by atoms with Crippen LogP contribution in [0.5, 0.6) is 0 Å². The Kier molecular flexibility index (Phi) is 4.26. The van der Waals surface area contributed by atoms with Crippen LogP contribution in [0.1, 0.15) is 38.7 Å². The highest BCUT2D eigenvalue weighted by atomic mass is 32.2. The van der Waals surface area contributed by atoms with E-state index in [0.29, 0.717) is 11.3 Å². The van der Waals surface area contributed by atoms with Crippen LogP contribution in [-0.2, 0) is 9.84 Å². The molecule has 0 spiro atoms. The number of benzene rings is 1. The first-order chi connectivity index (χ1) is 9.26. The topological polar surface area (TPSA) is 46.2 Å². The average molecular weight is 295 g/mol. The summed E-state index contributed by atoms with van der Waals surface area (Å²) in [5, 5.41) is 2.87. The van der Waals surface area contributed by atoms with Crippen molar-refractivity contribution in [2.75, 3.05) is 7.05 Å². The van der Waals surface area contributed by atoms with Crippen molar-refractivity contribution in [3.63, 3.8) is 0 Å². The zero-order valence-electron chi connectivity index (χ0n) is 12.8. The second kappa shape index (κ2) is 5.49. The molecule has 1 aliphatic carbocycles. The molecule has 0 radical (unpaired) electrons. The van der Waals surface area contributed by atoms with E-state index in [0.717, 1.165) is 18.4 Å². The van der Waals surface area contributed by atoms with Crippen LogP contribution < -0.4 is 5.32 Å². The summed E-state index contributed by atoms with van der Waals surface area (Å²) in [7, 11) is -1.41. The molecule has 1 N–H and O–H groups in total. The zero-order chi connectivity index (χ0) is 15.0. The first-order valence-electron chi connectivity index (χ1n) is 7.24. The third-order valence-corrected chi connectivity index (χ3v) is 6.68. The summed E-state index contributed by atoms with van der Waals surface area (Å²) in [5.41, 5.74) is 1.17. The Bertz CT molecular complexity index is 561. The summed E-state index contributed by atoms with van der Waals surface area (Å²) < 4.78 is 25.8. The molecule has 2 unspecified atom stereocenters. The first kappa shape index (κ1) is 15.5. The molecule has 0 amide bonds. The van der Waals surface area contributed by atoms with Gasteiger partial charge in [0.25, 0.3) is 0 Å². The van der Waals surface area contributed by atoms with Gasteiger partial charge < -0.3 is 5.32 Å². The summed E-state index contributed by atoms with van der Waals surface area (Å²) in [4.78, 5) is 0.450. The van der Waals surface area contributed by atoms with Crippen LogP contribution in [0.25, 0.3) is 0 Å². The normalized spacial score (nSPS) is 26.4. The van der Waals surface area contributed by atoms with E-state index < -0.39 is 9.84 Å². The lowest BCUT2D eigenvalue weighted by molar-refractivity contribution is 0.213. The molecule has 0 aromatic heterocycles. The molecule has 0 saturated heterocycles. The van der Waals surface area contributed by atoms with Gasteiger partial charge in [0.2, 0.25) is 0 Å². The Hall–Kier alpha value is -0.870. The van der Waals surface area contributed by atoms with Crippen molar-refractivity contribution in [2.45, 2.75) is 56.2 Å². The monoisotopic (exact) mass is 295 g/mol. The van der Waals surface area contributed by atoms with Crippen molar-refractivity contribution in [1.29, 1.82) is 0 Å². The maximum absolute atomic E-state index is 12.9. The molecule has 1 aliphatic rings. The predicted octanol–water partition coefficient (Wildman–Crippen LogP) is 2.94. The van der Waals surface area contributed by atoms with E-state index >= 15 is 0 Å². The van der Waals surface area contributed by atoms with Gasteiger partial charge in [-0.3, -0.25) is 0 Å². The van der Waals surface area contributed by atoms with Crippen LogP contribution in [0.4, 0.5) is 0 Å². The van der Waals surface area contributed by atoms with Gasteiger partial charge in [-0.25, -0.2) is 8.42 Å². The lowest BCUT2D eigenvalue weighted by atomic mass is 9.75. The van der Waals surface area contributed by atoms with Crippen molar-refractivity contribution >= 4 is 9.84 Å². The lowest BCUT2D eigenvalue weighted by Gasteiger charge is -2.40. The molecule has 3 nitrogen and oxygen atoms in total. The number of hydrogen-bond donors (Lipinski definition) is 1. The Morgan fingerprint density at radius 3 is 2.35 bits per heavy atom. The number of nitrogens with one attached hydrogen (secondary N) is 1. The minimum absolute atomic E-state index is 0.0503. The fourth-order valence-corrected chi connectivity index (χ4v) is 5.32. The molecule has 0 bridgehead atoms. The summed E-state index contributed by atoms with van der Waals surface area (Å²) >= 11 is 0. The van der Waals surface area contributed by atoms with Crippen LogP contribution in [0, 0.1) is 12.3 Å². The molecule has 1 aromatic carbocycles. The quantitative estimate of drug-likeness (QED) is 0.932. The van der Waals surface area contributed by atoms with Gasteiger partial charge in [-0.15, -0.1) is 0 Å². The predicted molar refractivity (Wildman–Crippen MR) is 82.6 cm³/mol. The van der Waals surface area contributed by atoms with E-state index in [-0.39, 0.29) is 16.7 Å². The maximum atomic E-state index is 12.9. The highest BCUT2D eigenvalue weighted by Crippen LogP contribution is 2.39. The Morgan fingerprint density at radius 2 is 1.80 bits per heavy atom. The van der Waals surface area contributed by atoms with Gasteiger partial charge in [0, 0.05) is 6.04 Å². The highest BCUT2D eigenvalue weighted by molar-refractivity contribution is 7.92. The maximum Gasteiger partial charge on any atom is 0.182 e. The SMILES string of the molecule is CNC1CCC(C)(C)CC1S(=O)(=O)c1ccc(C)cc1. The van der Waals surface area contributed by atoms with Gasteiger partial charge in [0.05, 0.1) is 10.1 Å². The average Bonchev–Trinajstić information content (AvgIpc) is 2.38. The molecule has 1 saturated carbocycles. The second-order valence-corrected chi connectivity index (χ2v) is 8.87. The number of hydrogen-bond acceptors (Lipinski definition) is 3. The van der Waals surface area contributed by atoms with Crippen LogP contribution in [0.3, 0.4) is 0 Å². The summed E-state index contributed by atoms with van der Waals surface area (Å²) in [6.07, 6.45) is 2.70. The van der Waals surface area contributed by atoms with Crippen molar-refractivity contribution in [2.24, 2.45) is 5.41 Å². The van der Waals surface area contributed by atoms with E-state index in [1.807, 2.05) is 26.1 Å². The van der Waals surface area contributed by atoms with Crippen molar-refractivity contribution < 1.29 is 8.42 Å². The number of aryl methyl sites for hydroxylation is 1. The molecule has 1 aromatic rings. The molecular formula is C16H25NO2S. The summed E-state index contributed by atoms with van der Waals surface area (Å²) in [6, 6.07) is 7.26. The molecule has 1 fully saturated rings. The van der Waals surface area contributed by atoms with E-state index in [4.69, 9.17) is 0 Å². The van der Waals surface area contributed by atoms with Crippen molar-refractivity contribution in [3.05, 3.63) is 29.8 Å². The van der Waals surface area contributed by atoms with Gasteiger partial charge in [-0.05, 0) is 50.8 Å². The first-order valence-corrected chi connectivity index (χ1v) is 8.79. The van der Waals surface area contributed by atoms with E-state index in [2.05, 4.69) is 19.2 Å². The molecule has 4 heteroatoms. The molecule has 20 heavy (non-hydrogen) atoms. The Labute approximate surface area is 122 Å². The van der Waals surface area contributed by atoms with E-state index in [1.165, 1.54) is 0 Å². The highest BCUT2D eigenvalue weighted by Gasteiger charge is 2.42. The smallest absolute Gasteiger partial charge is 0.182 e. The third-order valence-electron chi connectivity index (χ3n) is 4.45. The Morgan fingerprint density at radius 1 is 1.20 bits per heavy atom. The van der Waals surface area contributed by atoms with Crippen LogP contribution >= 0.6 is 0 Å². The third kappa shape index (κ3) is 3.07. The Balaban J connectivity index is 2.37. The summed E-state index contributed by atoms with van der Waals surface area (Å²) in [6.45, 7) is 6.30. The van der Waals surface area contributed by atoms with Gasteiger partial charge in [0.1, 0.15) is 0 Å². The molecule has 2 atom stereocenters. The minimum atomic E-state index is -3.27. The standard InChI is InChI=1S/C16H25NO2S/c1-12-5-7-13(8-6-12)20(18,19)15-11-16(2,3)10-9-14(15)17-4/h5-8,14-15,17H,9-11H2,1-4H3. The van der Waals surface area contributed by atoms with Crippen molar-refractivity contribution in [1.82, 2.24) is 5.32 Å². The van der Waals surface area contributed by atoms with Crippen molar-refractivity contribution in [3.8, 4) is 0 Å². The molecule has 0 aliphatic heterocycles. The van der Waals surface area contributed by atoms with E-state index in [1.54, 1.807) is 12.1 Å². The molecule has 112 valence electrons. The van der Waals surface area contributed by atoms with Crippen LogP contribution in [-0.4, -0.2) is 26.8 Å². The van der Waals surface area contributed by atoms with Gasteiger partial charge in [0.15, 0.2) is 9.84 Å². The van der Waals surface area contributed by atoms with E-state index in [9.17, 15) is 8.42 Å². The largest absolute Gasteiger partial charge is 0.316 e. The molecule has 0 heterocycles. The van der Waals surface area contributed by atoms with Gasteiger partial charge >= 0.3 is 0 Å². The number of rotatable bonds is 3. The summed E-state index contributed by atoms with van der Waals surface area (Å²) in [5.74, 6) is 0. The van der Waals surface area contributed by atoms with Gasteiger partial charge in [-0.2, -0.15) is 0 Å². The zero-order valence-corrected chi connectivity index (χ0v) is 13.6. The fourth-order valence-electron chi connectivity index (χ4n) is 3.08. The second-order valence-electron chi connectivity index (χ2n) is 6.70. The lowest BCUT2D eigenvalue weighted by Crippen LogP contribution is -2.48. The molecule has 2 rings (SSSR count). The van der Waals surface area contributed by atoms with Crippen LogP contribution in [0.2, 0.25) is 0 Å². The number of sulfone groups is 1. The minimum Gasteiger partial charge on any atom is -0.316 e. The van der Waals surface area contributed by atoms with Crippen LogP contribution in [0.15, 0.2) is 29.2 Å². The van der Waals surface area contributed by atoms with Gasteiger partial charge in [-0.1, -0.05) is 31.5 Å².